The van der Waals surface area contributed by atoms with Crippen LogP contribution in [-0.4, -0.2) is 20.9 Å². The van der Waals surface area contributed by atoms with E-state index in [1.54, 1.807) is 24.0 Å². The Balaban J connectivity index is 2.22. The molecule has 2 aromatic heterocycles. The molecule has 0 radical (unpaired) electrons. The first-order valence-corrected chi connectivity index (χ1v) is 5.36. The lowest BCUT2D eigenvalue weighted by Gasteiger charge is -1.95. The van der Waals surface area contributed by atoms with Gasteiger partial charge in [0, 0.05) is 6.20 Å². The van der Waals surface area contributed by atoms with Crippen molar-refractivity contribution < 1.29 is 14.3 Å². The van der Waals surface area contributed by atoms with E-state index in [9.17, 15) is 4.79 Å². The van der Waals surface area contributed by atoms with Crippen LogP contribution in [0.25, 0.3) is 0 Å². The second-order valence-corrected chi connectivity index (χ2v) is 4.26. The number of carboxylic acids is 1. The number of aryl methyl sites for hydroxylation is 1. The molecule has 0 aliphatic rings. The van der Waals surface area contributed by atoms with Gasteiger partial charge in [0.1, 0.15) is 17.1 Å². The van der Waals surface area contributed by atoms with Crippen LogP contribution in [0, 0.1) is 6.92 Å². The van der Waals surface area contributed by atoms with Gasteiger partial charge in [-0.15, -0.1) is 0 Å². The molecule has 16 heavy (non-hydrogen) atoms. The van der Waals surface area contributed by atoms with Crippen LogP contribution in [-0.2, 0) is 6.54 Å². The first kappa shape index (κ1) is 10.9. The molecule has 0 aromatic carbocycles. The number of carboxylic acid groups (broad SMARTS) is 1. The highest BCUT2D eigenvalue weighted by molar-refractivity contribution is 9.10. The molecular formula is C10H9BrN2O3. The Morgan fingerprint density at radius 1 is 1.69 bits per heavy atom. The van der Waals surface area contributed by atoms with E-state index in [0.29, 0.717) is 18.1 Å². The summed E-state index contributed by atoms with van der Waals surface area (Å²) in [6.07, 6.45) is 3.45. The van der Waals surface area contributed by atoms with Crippen molar-refractivity contribution in [3.63, 3.8) is 0 Å². The van der Waals surface area contributed by atoms with Crippen molar-refractivity contribution in [1.82, 2.24) is 9.78 Å². The summed E-state index contributed by atoms with van der Waals surface area (Å²) in [6.45, 7) is 2.05. The molecule has 84 valence electrons. The Bertz CT molecular complexity index is 530. The zero-order valence-electron chi connectivity index (χ0n) is 8.48. The minimum atomic E-state index is -0.978. The van der Waals surface area contributed by atoms with Crippen LogP contribution >= 0.6 is 15.9 Å². The largest absolute Gasteiger partial charge is 0.478 e. The number of aromatic nitrogens is 2. The molecule has 1 N–H and O–H groups in total. The lowest BCUT2D eigenvalue weighted by atomic mass is 10.2. The van der Waals surface area contributed by atoms with Gasteiger partial charge in [-0.25, -0.2) is 4.79 Å². The summed E-state index contributed by atoms with van der Waals surface area (Å²) in [5, 5.41) is 12.9. The Morgan fingerprint density at radius 3 is 2.94 bits per heavy atom. The molecule has 2 heterocycles. The smallest absolute Gasteiger partial charge is 0.339 e. The molecule has 0 saturated carbocycles. The average molecular weight is 285 g/mol. The minimum Gasteiger partial charge on any atom is -0.478 e. The van der Waals surface area contributed by atoms with Gasteiger partial charge in [0.15, 0.2) is 0 Å². The molecule has 0 atom stereocenters. The Labute approximate surface area is 99.8 Å². The number of carbonyl (C=O) groups is 1. The van der Waals surface area contributed by atoms with Gasteiger partial charge in [0.2, 0.25) is 0 Å². The predicted octanol–water partition coefficient (Wildman–Crippen LogP) is 2.29. The third-order valence-electron chi connectivity index (χ3n) is 2.12. The molecule has 6 heteroatoms. The van der Waals surface area contributed by atoms with Crippen molar-refractivity contribution in [2.24, 2.45) is 0 Å². The minimum absolute atomic E-state index is 0.196. The summed E-state index contributed by atoms with van der Waals surface area (Å²) >= 11 is 3.28. The van der Waals surface area contributed by atoms with Crippen LogP contribution < -0.4 is 0 Å². The van der Waals surface area contributed by atoms with Gasteiger partial charge < -0.3 is 9.52 Å². The van der Waals surface area contributed by atoms with Gasteiger partial charge in [-0.1, -0.05) is 0 Å². The zero-order chi connectivity index (χ0) is 11.7. The normalized spacial score (nSPS) is 10.6. The van der Waals surface area contributed by atoms with E-state index in [1.165, 1.54) is 6.07 Å². The molecule has 5 nitrogen and oxygen atoms in total. The van der Waals surface area contributed by atoms with Gasteiger partial charge in [-0.2, -0.15) is 5.10 Å². The van der Waals surface area contributed by atoms with E-state index in [2.05, 4.69) is 21.0 Å². The Kier molecular flexibility index (Phi) is 2.82. The molecule has 0 aliphatic heterocycles. The highest BCUT2D eigenvalue weighted by Gasteiger charge is 2.13. The third kappa shape index (κ3) is 2.16. The fraction of sp³-hybridized carbons (Fsp3) is 0.200. The fourth-order valence-corrected chi connectivity index (χ4v) is 1.75. The van der Waals surface area contributed by atoms with E-state index in [0.717, 1.165) is 4.47 Å². The van der Waals surface area contributed by atoms with Gasteiger partial charge in [-0.3, -0.25) is 4.68 Å². The summed E-state index contributed by atoms with van der Waals surface area (Å²) in [5.41, 5.74) is 0.196. The quantitative estimate of drug-likeness (QED) is 0.939. The summed E-state index contributed by atoms with van der Waals surface area (Å²) in [4.78, 5) is 10.8. The van der Waals surface area contributed by atoms with Crippen LogP contribution in [0.5, 0.6) is 0 Å². The molecule has 0 fully saturated rings. The number of halogens is 1. The van der Waals surface area contributed by atoms with E-state index < -0.39 is 5.97 Å². The molecule has 0 bridgehead atoms. The summed E-state index contributed by atoms with van der Waals surface area (Å²) in [5.74, 6) is 0.00775. The lowest BCUT2D eigenvalue weighted by molar-refractivity contribution is 0.0695. The van der Waals surface area contributed by atoms with Crippen LogP contribution in [0.15, 0.2) is 27.3 Å². The summed E-state index contributed by atoms with van der Waals surface area (Å²) in [6, 6.07) is 1.52. The van der Waals surface area contributed by atoms with E-state index in [1.807, 2.05) is 0 Å². The lowest BCUT2D eigenvalue weighted by Crippen LogP contribution is -1.98. The number of aromatic carboxylic acids is 1. The van der Waals surface area contributed by atoms with Crippen LogP contribution in [0.4, 0.5) is 0 Å². The zero-order valence-corrected chi connectivity index (χ0v) is 10.1. The molecule has 0 aliphatic carbocycles. The number of hydrogen-bond acceptors (Lipinski definition) is 3. The van der Waals surface area contributed by atoms with Crippen LogP contribution in [0.3, 0.4) is 0 Å². The Morgan fingerprint density at radius 2 is 2.44 bits per heavy atom. The maximum Gasteiger partial charge on any atom is 0.339 e. The molecular weight excluding hydrogens is 276 g/mol. The molecule has 0 spiro atoms. The Hall–Kier alpha value is -1.56. The SMILES string of the molecule is Cc1oc(Cn2cc(Br)cn2)cc1C(=O)O. The van der Waals surface area contributed by atoms with E-state index in [-0.39, 0.29) is 5.56 Å². The molecule has 2 aromatic rings. The summed E-state index contributed by atoms with van der Waals surface area (Å²) in [7, 11) is 0. The maximum atomic E-state index is 10.8. The van der Waals surface area contributed by atoms with Crippen molar-refractivity contribution in [2.75, 3.05) is 0 Å². The second kappa shape index (κ2) is 4.13. The molecule has 0 saturated heterocycles. The molecule has 0 amide bonds. The molecule has 0 unspecified atom stereocenters. The number of hydrogen-bond donors (Lipinski definition) is 1. The average Bonchev–Trinajstić information content (AvgIpc) is 2.73. The second-order valence-electron chi connectivity index (χ2n) is 3.34. The van der Waals surface area contributed by atoms with Crippen molar-refractivity contribution in [1.29, 1.82) is 0 Å². The fourth-order valence-electron chi connectivity index (χ4n) is 1.42. The molecule has 2 rings (SSSR count). The van der Waals surface area contributed by atoms with Crippen molar-refractivity contribution in [3.05, 3.63) is 40.0 Å². The first-order valence-electron chi connectivity index (χ1n) is 4.57. The predicted molar refractivity (Wildman–Crippen MR) is 59.4 cm³/mol. The van der Waals surface area contributed by atoms with Gasteiger partial charge in [0.25, 0.3) is 0 Å². The van der Waals surface area contributed by atoms with Crippen LogP contribution in [0.1, 0.15) is 21.9 Å². The van der Waals surface area contributed by atoms with Gasteiger partial charge in [-0.05, 0) is 28.9 Å². The van der Waals surface area contributed by atoms with Crippen molar-refractivity contribution in [2.45, 2.75) is 13.5 Å². The number of furan rings is 1. The first-order chi connectivity index (χ1) is 7.56. The van der Waals surface area contributed by atoms with E-state index in [4.69, 9.17) is 9.52 Å². The van der Waals surface area contributed by atoms with Gasteiger partial charge >= 0.3 is 5.97 Å². The summed E-state index contributed by atoms with van der Waals surface area (Å²) < 4.78 is 7.86. The van der Waals surface area contributed by atoms with Crippen molar-refractivity contribution >= 4 is 21.9 Å². The third-order valence-corrected chi connectivity index (χ3v) is 2.53. The van der Waals surface area contributed by atoms with Crippen LogP contribution in [0.2, 0.25) is 0 Å². The monoisotopic (exact) mass is 284 g/mol. The standard InChI is InChI=1S/C10H9BrN2O3/c1-6-9(10(14)15)2-8(16-6)5-13-4-7(11)3-12-13/h2-4H,5H2,1H3,(H,14,15). The topological polar surface area (TPSA) is 68.3 Å². The van der Waals surface area contributed by atoms with Crippen molar-refractivity contribution in [3.8, 4) is 0 Å². The highest BCUT2D eigenvalue weighted by atomic mass is 79.9. The van der Waals surface area contributed by atoms with E-state index >= 15 is 0 Å². The number of nitrogens with zero attached hydrogens (tertiary/aromatic N) is 2. The highest BCUT2D eigenvalue weighted by Crippen LogP contribution is 2.16. The maximum absolute atomic E-state index is 10.8. The van der Waals surface area contributed by atoms with Gasteiger partial charge in [0.05, 0.1) is 17.2 Å². The number of rotatable bonds is 3.